The Morgan fingerprint density at radius 1 is 1.50 bits per heavy atom. The summed E-state index contributed by atoms with van der Waals surface area (Å²) in [7, 11) is 0. The Morgan fingerprint density at radius 3 is 3.40 bits per heavy atom. The fraction of sp³-hybridized carbons (Fsp3) is 0.250. The summed E-state index contributed by atoms with van der Waals surface area (Å²) in [6.07, 6.45) is 9.18. The number of nitrogens with one attached hydrogen (secondary N) is 1. The van der Waals surface area contributed by atoms with E-state index >= 15 is 0 Å². The molecule has 2 nitrogen and oxygen atoms in total. The predicted octanol–water partition coefficient (Wildman–Crippen LogP) is 0.879. The summed E-state index contributed by atoms with van der Waals surface area (Å²) in [6, 6.07) is 0. The van der Waals surface area contributed by atoms with Crippen molar-refractivity contribution in [2.45, 2.75) is 6.42 Å². The monoisotopic (exact) mass is 133 g/mol. The van der Waals surface area contributed by atoms with Crippen LogP contribution in [0.5, 0.6) is 0 Å². The first-order chi connectivity index (χ1) is 4.97. The lowest BCUT2D eigenvalue weighted by Gasteiger charge is -2.18. The number of hydrogen-bond acceptors (Lipinski definition) is 1. The molecule has 0 saturated carbocycles. The number of fused-ring (bicyclic) bond motifs is 1. The Morgan fingerprint density at radius 2 is 2.50 bits per heavy atom. The third-order valence-corrected chi connectivity index (χ3v) is 1.62. The third-order valence-electron chi connectivity index (χ3n) is 1.62. The van der Waals surface area contributed by atoms with Crippen LogP contribution in [-0.2, 0) is 0 Å². The van der Waals surface area contributed by atoms with Crippen LogP contribution in [0.4, 0.5) is 0 Å². The number of hydrogen-bond donors (Lipinski definition) is 1. The minimum Gasteiger partial charge on any atom is -0.360 e. The maximum Gasteiger partial charge on any atom is 0.0806 e. The van der Waals surface area contributed by atoms with Crippen LogP contribution >= 0.6 is 0 Å². The van der Waals surface area contributed by atoms with E-state index in [1.807, 2.05) is 18.4 Å². The first-order valence-corrected chi connectivity index (χ1v) is 3.48. The minimum absolute atomic E-state index is 0.935. The van der Waals surface area contributed by atoms with Crippen molar-refractivity contribution in [1.29, 1.82) is 0 Å². The molecule has 2 rings (SSSR count). The van der Waals surface area contributed by atoms with E-state index < -0.39 is 0 Å². The first-order valence-electron chi connectivity index (χ1n) is 3.48. The molecule has 0 saturated heterocycles. The SMILES string of the molecule is C1=CNC2=CCC[N]C2=C1. The van der Waals surface area contributed by atoms with E-state index in [-0.39, 0.29) is 0 Å². The number of dihydropyridines is 1. The second-order valence-corrected chi connectivity index (χ2v) is 2.34. The van der Waals surface area contributed by atoms with Crippen LogP contribution in [0.25, 0.3) is 0 Å². The fourth-order valence-electron chi connectivity index (χ4n) is 1.14. The molecular formula is C8H9N2. The van der Waals surface area contributed by atoms with E-state index in [2.05, 4.69) is 16.7 Å². The van der Waals surface area contributed by atoms with Gasteiger partial charge in [-0.15, -0.1) is 0 Å². The van der Waals surface area contributed by atoms with Crippen molar-refractivity contribution in [1.82, 2.24) is 10.6 Å². The van der Waals surface area contributed by atoms with Crippen molar-refractivity contribution in [3.8, 4) is 0 Å². The zero-order chi connectivity index (χ0) is 6.81. The number of allylic oxidation sites excluding steroid dienone is 2. The van der Waals surface area contributed by atoms with Gasteiger partial charge in [-0.3, -0.25) is 5.32 Å². The molecule has 2 aliphatic heterocycles. The van der Waals surface area contributed by atoms with E-state index in [0.29, 0.717) is 0 Å². The van der Waals surface area contributed by atoms with Crippen LogP contribution in [-0.4, -0.2) is 6.54 Å². The molecule has 0 aromatic carbocycles. The average Bonchev–Trinajstić information content (AvgIpc) is 2.05. The van der Waals surface area contributed by atoms with E-state index in [1.54, 1.807) is 0 Å². The molecule has 2 aliphatic rings. The zero-order valence-corrected chi connectivity index (χ0v) is 5.67. The molecule has 0 aromatic heterocycles. The number of nitrogens with zero attached hydrogens (tertiary/aromatic N) is 1. The van der Waals surface area contributed by atoms with Gasteiger partial charge < -0.3 is 5.32 Å². The molecule has 0 unspecified atom stereocenters. The molecule has 51 valence electrons. The molecule has 0 atom stereocenters. The summed E-state index contributed by atoms with van der Waals surface area (Å²) in [5.74, 6) is 0. The predicted molar refractivity (Wildman–Crippen MR) is 40.1 cm³/mol. The van der Waals surface area contributed by atoms with Gasteiger partial charge in [0.1, 0.15) is 0 Å². The minimum atomic E-state index is 0.935. The Hall–Kier alpha value is -1.18. The highest BCUT2D eigenvalue weighted by atomic mass is 15.0. The maximum atomic E-state index is 4.33. The van der Waals surface area contributed by atoms with E-state index in [1.165, 1.54) is 0 Å². The van der Waals surface area contributed by atoms with Crippen molar-refractivity contribution in [2.24, 2.45) is 0 Å². The average molecular weight is 133 g/mol. The van der Waals surface area contributed by atoms with Gasteiger partial charge in [-0.25, -0.2) is 0 Å². The lowest BCUT2D eigenvalue weighted by Crippen LogP contribution is -2.22. The summed E-state index contributed by atoms with van der Waals surface area (Å²) in [5, 5.41) is 7.47. The first kappa shape index (κ1) is 5.59. The van der Waals surface area contributed by atoms with Crippen LogP contribution in [0.1, 0.15) is 6.42 Å². The lowest BCUT2D eigenvalue weighted by atomic mass is 10.1. The van der Waals surface area contributed by atoms with Gasteiger partial charge in [-0.2, -0.15) is 0 Å². The molecule has 1 radical (unpaired) electrons. The summed E-state index contributed by atoms with van der Waals surface area (Å²) >= 11 is 0. The topological polar surface area (TPSA) is 26.1 Å². The van der Waals surface area contributed by atoms with Crippen molar-refractivity contribution in [3.05, 3.63) is 35.8 Å². The smallest absolute Gasteiger partial charge is 0.0806 e. The molecule has 10 heavy (non-hydrogen) atoms. The zero-order valence-electron chi connectivity index (χ0n) is 5.67. The molecule has 0 aliphatic carbocycles. The molecule has 0 fully saturated rings. The molecule has 0 aromatic rings. The molecule has 0 amide bonds. The Bertz CT molecular complexity index is 223. The van der Waals surface area contributed by atoms with Gasteiger partial charge >= 0.3 is 0 Å². The van der Waals surface area contributed by atoms with Crippen molar-refractivity contribution < 1.29 is 0 Å². The lowest BCUT2D eigenvalue weighted by molar-refractivity contribution is 0.735. The summed E-state index contributed by atoms with van der Waals surface area (Å²) < 4.78 is 0. The van der Waals surface area contributed by atoms with Gasteiger partial charge in [-0.1, -0.05) is 6.08 Å². The summed E-state index contributed by atoms with van der Waals surface area (Å²) in [6.45, 7) is 0.935. The third kappa shape index (κ3) is 0.817. The quantitative estimate of drug-likeness (QED) is 0.521. The van der Waals surface area contributed by atoms with E-state index in [0.717, 1.165) is 24.4 Å². The van der Waals surface area contributed by atoms with Gasteiger partial charge in [0.05, 0.1) is 11.4 Å². The molecule has 0 bridgehead atoms. The molecule has 2 heterocycles. The molecule has 1 N–H and O–H groups in total. The Labute approximate surface area is 60.3 Å². The molecular weight excluding hydrogens is 124 g/mol. The summed E-state index contributed by atoms with van der Waals surface area (Å²) in [5.41, 5.74) is 2.25. The fourth-order valence-corrected chi connectivity index (χ4v) is 1.14. The Kier molecular flexibility index (Phi) is 1.24. The normalized spacial score (nSPS) is 21.6. The second kappa shape index (κ2) is 2.21. The van der Waals surface area contributed by atoms with Crippen LogP contribution in [0.15, 0.2) is 35.8 Å². The van der Waals surface area contributed by atoms with E-state index in [4.69, 9.17) is 0 Å². The van der Waals surface area contributed by atoms with Crippen molar-refractivity contribution in [3.63, 3.8) is 0 Å². The van der Waals surface area contributed by atoms with Gasteiger partial charge in [0.15, 0.2) is 0 Å². The van der Waals surface area contributed by atoms with Gasteiger partial charge in [0, 0.05) is 12.7 Å². The van der Waals surface area contributed by atoms with Crippen LogP contribution in [0.2, 0.25) is 0 Å². The van der Waals surface area contributed by atoms with Crippen molar-refractivity contribution in [2.75, 3.05) is 6.54 Å². The molecule has 0 spiro atoms. The highest BCUT2D eigenvalue weighted by Crippen LogP contribution is 2.13. The number of rotatable bonds is 0. The van der Waals surface area contributed by atoms with Gasteiger partial charge in [0.25, 0.3) is 0 Å². The highest BCUT2D eigenvalue weighted by molar-refractivity contribution is 5.37. The van der Waals surface area contributed by atoms with Crippen LogP contribution in [0, 0.1) is 0 Å². The Balaban J connectivity index is 2.32. The van der Waals surface area contributed by atoms with Gasteiger partial charge in [0.2, 0.25) is 0 Å². The summed E-state index contributed by atoms with van der Waals surface area (Å²) in [4.78, 5) is 0. The largest absolute Gasteiger partial charge is 0.360 e. The highest BCUT2D eigenvalue weighted by Gasteiger charge is 2.09. The van der Waals surface area contributed by atoms with Crippen LogP contribution < -0.4 is 10.6 Å². The van der Waals surface area contributed by atoms with Crippen molar-refractivity contribution >= 4 is 0 Å². The maximum absolute atomic E-state index is 4.33. The van der Waals surface area contributed by atoms with E-state index in [9.17, 15) is 0 Å². The molecule has 2 heteroatoms. The van der Waals surface area contributed by atoms with Crippen LogP contribution in [0.3, 0.4) is 0 Å². The second-order valence-electron chi connectivity index (χ2n) is 2.34. The standard InChI is InChI=1S/C8H9N2/c1-3-7-8(9-5-1)4-2-6-10-7/h1,3-5,9H,2,6H2. The van der Waals surface area contributed by atoms with Gasteiger partial charge in [-0.05, 0) is 18.6 Å².